The SMILES string of the molecule is CCCNC(Cc1ccc(C)cn1)c1cc(Cl)ccc1I. The van der Waals surface area contributed by atoms with Crippen molar-refractivity contribution in [2.24, 2.45) is 0 Å². The molecule has 0 fully saturated rings. The predicted molar refractivity (Wildman–Crippen MR) is 97.9 cm³/mol. The standard InChI is InChI=1S/C17H20ClIN2/c1-3-8-20-17(10-14-6-4-12(2)11-21-14)15-9-13(18)5-7-16(15)19/h4-7,9,11,17,20H,3,8,10H2,1-2H3. The van der Waals surface area contributed by atoms with Crippen molar-refractivity contribution < 1.29 is 0 Å². The molecule has 1 aromatic carbocycles. The minimum atomic E-state index is 0.241. The topological polar surface area (TPSA) is 24.9 Å². The van der Waals surface area contributed by atoms with E-state index in [2.05, 4.69) is 71.0 Å². The zero-order valence-electron chi connectivity index (χ0n) is 12.4. The van der Waals surface area contributed by atoms with E-state index in [4.69, 9.17) is 11.6 Å². The molecular weight excluding hydrogens is 395 g/mol. The van der Waals surface area contributed by atoms with Crippen LogP contribution < -0.4 is 5.32 Å². The number of pyridine rings is 1. The maximum Gasteiger partial charge on any atom is 0.0422 e. The molecule has 1 aromatic heterocycles. The fraction of sp³-hybridized carbons (Fsp3) is 0.353. The Morgan fingerprint density at radius 2 is 2.10 bits per heavy atom. The molecule has 0 aliphatic rings. The highest BCUT2D eigenvalue weighted by Crippen LogP contribution is 2.26. The smallest absolute Gasteiger partial charge is 0.0422 e. The number of halogens is 2. The van der Waals surface area contributed by atoms with E-state index in [0.29, 0.717) is 0 Å². The molecule has 1 heterocycles. The summed E-state index contributed by atoms with van der Waals surface area (Å²) >= 11 is 8.54. The van der Waals surface area contributed by atoms with Crippen LogP contribution in [0, 0.1) is 10.5 Å². The number of aromatic nitrogens is 1. The lowest BCUT2D eigenvalue weighted by Gasteiger charge is -2.20. The largest absolute Gasteiger partial charge is 0.310 e. The number of benzene rings is 1. The number of nitrogens with one attached hydrogen (secondary N) is 1. The summed E-state index contributed by atoms with van der Waals surface area (Å²) in [5.74, 6) is 0. The van der Waals surface area contributed by atoms with E-state index >= 15 is 0 Å². The molecule has 2 aromatic rings. The molecule has 4 heteroatoms. The van der Waals surface area contributed by atoms with E-state index in [1.54, 1.807) is 0 Å². The zero-order valence-corrected chi connectivity index (χ0v) is 15.3. The molecule has 2 rings (SSSR count). The lowest BCUT2D eigenvalue weighted by Crippen LogP contribution is -2.25. The quantitative estimate of drug-likeness (QED) is 0.678. The van der Waals surface area contributed by atoms with Gasteiger partial charge >= 0.3 is 0 Å². The van der Waals surface area contributed by atoms with Gasteiger partial charge in [-0.15, -0.1) is 0 Å². The Morgan fingerprint density at radius 3 is 2.76 bits per heavy atom. The molecule has 0 radical (unpaired) electrons. The molecule has 2 nitrogen and oxygen atoms in total. The Kier molecular flexibility index (Phi) is 6.45. The van der Waals surface area contributed by atoms with E-state index < -0.39 is 0 Å². The minimum Gasteiger partial charge on any atom is -0.310 e. The highest BCUT2D eigenvalue weighted by molar-refractivity contribution is 14.1. The highest BCUT2D eigenvalue weighted by atomic mass is 127. The first-order chi connectivity index (χ1) is 10.1. The molecule has 112 valence electrons. The van der Waals surface area contributed by atoms with Crippen LogP contribution in [0.25, 0.3) is 0 Å². The van der Waals surface area contributed by atoms with Gasteiger partial charge < -0.3 is 5.32 Å². The maximum atomic E-state index is 6.17. The van der Waals surface area contributed by atoms with Crippen molar-refractivity contribution in [1.29, 1.82) is 0 Å². The first-order valence-corrected chi connectivity index (χ1v) is 8.65. The summed E-state index contributed by atoms with van der Waals surface area (Å²) in [5.41, 5.74) is 3.54. The first-order valence-electron chi connectivity index (χ1n) is 7.20. The monoisotopic (exact) mass is 414 g/mol. The Balaban J connectivity index is 2.25. The molecule has 0 saturated carbocycles. The van der Waals surface area contributed by atoms with Crippen molar-refractivity contribution in [2.45, 2.75) is 32.7 Å². The summed E-state index contributed by atoms with van der Waals surface area (Å²) < 4.78 is 1.23. The van der Waals surface area contributed by atoms with E-state index in [0.717, 1.165) is 30.1 Å². The van der Waals surface area contributed by atoms with Crippen LogP contribution in [0.4, 0.5) is 0 Å². The molecule has 21 heavy (non-hydrogen) atoms. The van der Waals surface area contributed by atoms with E-state index in [1.165, 1.54) is 14.7 Å². The van der Waals surface area contributed by atoms with Crippen molar-refractivity contribution in [3.8, 4) is 0 Å². The molecule has 0 aliphatic carbocycles. The third kappa shape index (κ3) is 4.94. The molecule has 0 bridgehead atoms. The van der Waals surface area contributed by atoms with E-state index in [1.807, 2.05) is 12.3 Å². The second kappa shape index (κ2) is 8.11. The average molecular weight is 415 g/mol. The summed E-state index contributed by atoms with van der Waals surface area (Å²) in [7, 11) is 0. The average Bonchev–Trinajstić information content (AvgIpc) is 2.48. The maximum absolute atomic E-state index is 6.17. The van der Waals surface area contributed by atoms with Crippen LogP contribution >= 0.6 is 34.2 Å². The molecule has 1 unspecified atom stereocenters. The van der Waals surface area contributed by atoms with Crippen molar-refractivity contribution >= 4 is 34.2 Å². The summed E-state index contributed by atoms with van der Waals surface area (Å²) in [6, 6.07) is 10.5. The van der Waals surface area contributed by atoms with Crippen molar-refractivity contribution in [2.75, 3.05) is 6.54 Å². The van der Waals surface area contributed by atoms with Crippen LogP contribution in [0.1, 0.15) is 36.2 Å². The van der Waals surface area contributed by atoms with Gasteiger partial charge in [-0.05, 0) is 77.9 Å². The third-order valence-electron chi connectivity index (χ3n) is 3.36. The molecule has 0 aliphatic heterocycles. The van der Waals surface area contributed by atoms with Gasteiger partial charge in [-0.25, -0.2) is 0 Å². The summed E-state index contributed by atoms with van der Waals surface area (Å²) in [6.07, 6.45) is 3.90. The Hall–Kier alpha value is -0.650. The van der Waals surface area contributed by atoms with Crippen molar-refractivity contribution in [3.05, 3.63) is 61.9 Å². The highest BCUT2D eigenvalue weighted by Gasteiger charge is 2.15. The van der Waals surface area contributed by atoms with E-state index in [-0.39, 0.29) is 6.04 Å². The Labute approximate surface area is 145 Å². The van der Waals surface area contributed by atoms with Gasteiger partial charge in [-0.1, -0.05) is 24.6 Å². The minimum absolute atomic E-state index is 0.241. The lowest BCUT2D eigenvalue weighted by molar-refractivity contribution is 0.522. The fourth-order valence-electron chi connectivity index (χ4n) is 2.22. The fourth-order valence-corrected chi connectivity index (χ4v) is 3.11. The van der Waals surface area contributed by atoms with Gasteiger partial charge in [0.25, 0.3) is 0 Å². The summed E-state index contributed by atoms with van der Waals surface area (Å²) in [6.45, 7) is 5.22. The number of aryl methyl sites for hydroxylation is 1. The Bertz CT molecular complexity index is 584. The van der Waals surface area contributed by atoms with Gasteiger partial charge in [0.2, 0.25) is 0 Å². The second-order valence-corrected chi connectivity index (χ2v) is 6.80. The molecular formula is C17H20ClIN2. The van der Waals surface area contributed by atoms with Crippen molar-refractivity contribution in [1.82, 2.24) is 10.3 Å². The van der Waals surface area contributed by atoms with Gasteiger partial charge in [0, 0.05) is 32.9 Å². The van der Waals surface area contributed by atoms with Crippen LogP contribution in [0.15, 0.2) is 36.5 Å². The van der Waals surface area contributed by atoms with Crippen LogP contribution in [0.5, 0.6) is 0 Å². The first kappa shape index (κ1) is 16.7. The van der Waals surface area contributed by atoms with Gasteiger partial charge in [0.1, 0.15) is 0 Å². The third-order valence-corrected chi connectivity index (χ3v) is 4.58. The van der Waals surface area contributed by atoms with Gasteiger partial charge in [-0.3, -0.25) is 4.98 Å². The van der Waals surface area contributed by atoms with Crippen LogP contribution in [-0.4, -0.2) is 11.5 Å². The molecule has 1 N–H and O–H groups in total. The van der Waals surface area contributed by atoms with Gasteiger partial charge in [0.05, 0.1) is 0 Å². The number of hydrogen-bond acceptors (Lipinski definition) is 2. The summed E-state index contributed by atoms with van der Waals surface area (Å²) in [4.78, 5) is 4.53. The Morgan fingerprint density at radius 1 is 1.29 bits per heavy atom. The van der Waals surface area contributed by atoms with Gasteiger partial charge in [-0.2, -0.15) is 0 Å². The van der Waals surface area contributed by atoms with Gasteiger partial charge in [0.15, 0.2) is 0 Å². The summed E-state index contributed by atoms with van der Waals surface area (Å²) in [5, 5.41) is 4.40. The van der Waals surface area contributed by atoms with Crippen LogP contribution in [-0.2, 0) is 6.42 Å². The second-order valence-electron chi connectivity index (χ2n) is 5.20. The van der Waals surface area contributed by atoms with E-state index in [9.17, 15) is 0 Å². The molecule has 0 spiro atoms. The van der Waals surface area contributed by atoms with Crippen LogP contribution in [0.2, 0.25) is 5.02 Å². The number of hydrogen-bond donors (Lipinski definition) is 1. The molecule has 0 amide bonds. The normalized spacial score (nSPS) is 12.4. The predicted octanol–water partition coefficient (Wildman–Crippen LogP) is 4.93. The van der Waals surface area contributed by atoms with Crippen LogP contribution in [0.3, 0.4) is 0 Å². The number of nitrogens with zero attached hydrogens (tertiary/aromatic N) is 1. The number of rotatable bonds is 6. The lowest BCUT2D eigenvalue weighted by atomic mass is 10.0. The zero-order chi connectivity index (χ0) is 15.2. The molecule has 1 atom stereocenters. The van der Waals surface area contributed by atoms with Crippen molar-refractivity contribution in [3.63, 3.8) is 0 Å². The molecule has 0 saturated heterocycles.